The smallest absolute Gasteiger partial charge is 0.291 e. The maximum absolute atomic E-state index is 13.2. The van der Waals surface area contributed by atoms with Crippen LogP contribution in [0.2, 0.25) is 0 Å². The Morgan fingerprint density at radius 1 is 1.13 bits per heavy atom. The van der Waals surface area contributed by atoms with Crippen LogP contribution in [-0.4, -0.2) is 26.5 Å². The standard InChI is InChI=1S/C23H24N4O2S/c1-4-19(22(28)24-13-15-9-11-16(30-3)12-10-15)27-20-8-6-5-7-17(20)18-14-25-26(2)23(29)21(18)27/h5-12,14,19H,4,13H2,1-3H3,(H,24,28). The van der Waals surface area contributed by atoms with E-state index in [1.165, 1.54) is 9.58 Å². The van der Waals surface area contributed by atoms with E-state index in [-0.39, 0.29) is 11.5 Å². The third kappa shape index (κ3) is 3.50. The topological polar surface area (TPSA) is 68.9 Å². The van der Waals surface area contributed by atoms with E-state index in [1.807, 2.05) is 66.3 Å². The van der Waals surface area contributed by atoms with Gasteiger partial charge in [-0.2, -0.15) is 5.10 Å². The van der Waals surface area contributed by atoms with Gasteiger partial charge in [0.2, 0.25) is 5.91 Å². The zero-order valence-corrected chi connectivity index (χ0v) is 18.1. The average molecular weight is 421 g/mol. The van der Waals surface area contributed by atoms with E-state index >= 15 is 0 Å². The van der Waals surface area contributed by atoms with Crippen LogP contribution in [0.4, 0.5) is 0 Å². The average Bonchev–Trinajstić information content (AvgIpc) is 3.11. The lowest BCUT2D eigenvalue weighted by Gasteiger charge is -2.19. The first kappa shape index (κ1) is 20.2. The van der Waals surface area contributed by atoms with Crippen molar-refractivity contribution in [3.8, 4) is 0 Å². The molecule has 2 aromatic heterocycles. The van der Waals surface area contributed by atoms with Gasteiger partial charge in [0.15, 0.2) is 0 Å². The van der Waals surface area contributed by atoms with Crippen molar-refractivity contribution < 1.29 is 4.79 Å². The lowest BCUT2D eigenvalue weighted by Crippen LogP contribution is -2.33. The maximum atomic E-state index is 13.2. The summed E-state index contributed by atoms with van der Waals surface area (Å²) in [6.45, 7) is 2.41. The number of aromatic nitrogens is 3. The molecular formula is C23H24N4O2S. The van der Waals surface area contributed by atoms with E-state index < -0.39 is 6.04 Å². The first-order chi connectivity index (χ1) is 14.5. The fourth-order valence-corrected chi connectivity index (χ4v) is 4.26. The second-order valence-electron chi connectivity index (χ2n) is 7.21. The largest absolute Gasteiger partial charge is 0.350 e. The summed E-state index contributed by atoms with van der Waals surface area (Å²) in [5.41, 5.74) is 2.21. The fourth-order valence-electron chi connectivity index (χ4n) is 3.85. The zero-order chi connectivity index (χ0) is 21.3. The highest BCUT2D eigenvalue weighted by Gasteiger charge is 2.25. The van der Waals surface area contributed by atoms with Crippen molar-refractivity contribution in [3.05, 3.63) is 70.6 Å². The van der Waals surface area contributed by atoms with Crippen molar-refractivity contribution in [1.29, 1.82) is 0 Å². The molecule has 1 atom stereocenters. The van der Waals surface area contributed by atoms with E-state index in [2.05, 4.69) is 10.4 Å². The van der Waals surface area contributed by atoms with Crippen molar-refractivity contribution in [2.45, 2.75) is 30.8 Å². The highest BCUT2D eigenvalue weighted by atomic mass is 32.2. The highest BCUT2D eigenvalue weighted by Crippen LogP contribution is 2.30. The summed E-state index contributed by atoms with van der Waals surface area (Å²) in [6.07, 6.45) is 4.30. The summed E-state index contributed by atoms with van der Waals surface area (Å²) >= 11 is 1.69. The number of fused-ring (bicyclic) bond motifs is 3. The van der Waals surface area contributed by atoms with Crippen LogP contribution in [0.3, 0.4) is 0 Å². The van der Waals surface area contributed by atoms with Crippen LogP contribution in [-0.2, 0) is 18.4 Å². The first-order valence-corrected chi connectivity index (χ1v) is 11.1. The van der Waals surface area contributed by atoms with E-state index in [1.54, 1.807) is 25.0 Å². The van der Waals surface area contributed by atoms with Gasteiger partial charge in [0.25, 0.3) is 5.56 Å². The summed E-state index contributed by atoms with van der Waals surface area (Å²) in [5, 5.41) is 8.93. The van der Waals surface area contributed by atoms with Gasteiger partial charge in [-0.3, -0.25) is 9.59 Å². The molecule has 1 N–H and O–H groups in total. The minimum atomic E-state index is -0.493. The van der Waals surface area contributed by atoms with Crippen LogP contribution in [0.25, 0.3) is 21.8 Å². The quantitative estimate of drug-likeness (QED) is 0.481. The van der Waals surface area contributed by atoms with Gasteiger partial charge in [-0.15, -0.1) is 11.8 Å². The summed E-state index contributed by atoms with van der Waals surface area (Å²) in [7, 11) is 1.63. The van der Waals surface area contributed by atoms with Gasteiger partial charge >= 0.3 is 0 Å². The molecule has 7 heteroatoms. The molecule has 1 unspecified atom stereocenters. The van der Waals surface area contributed by atoms with Crippen LogP contribution in [0.1, 0.15) is 24.9 Å². The van der Waals surface area contributed by atoms with E-state index in [9.17, 15) is 9.59 Å². The van der Waals surface area contributed by atoms with Crippen molar-refractivity contribution >= 4 is 39.5 Å². The molecule has 0 fully saturated rings. The monoisotopic (exact) mass is 420 g/mol. The molecule has 0 radical (unpaired) electrons. The molecule has 4 rings (SSSR count). The number of benzene rings is 2. The number of nitrogens with one attached hydrogen (secondary N) is 1. The Balaban J connectivity index is 1.73. The molecule has 2 heterocycles. The summed E-state index contributed by atoms with van der Waals surface area (Å²) in [6, 6.07) is 15.4. The second kappa shape index (κ2) is 8.36. The number of hydrogen-bond donors (Lipinski definition) is 1. The third-order valence-electron chi connectivity index (χ3n) is 5.43. The Hall–Kier alpha value is -3.06. The summed E-state index contributed by atoms with van der Waals surface area (Å²) in [5.74, 6) is -0.104. The van der Waals surface area contributed by atoms with Crippen molar-refractivity contribution in [3.63, 3.8) is 0 Å². The molecule has 2 aromatic carbocycles. The third-order valence-corrected chi connectivity index (χ3v) is 6.18. The van der Waals surface area contributed by atoms with Crippen LogP contribution in [0.15, 0.2) is 64.4 Å². The molecule has 0 spiro atoms. The Morgan fingerprint density at radius 3 is 2.57 bits per heavy atom. The number of thioether (sulfide) groups is 1. The fraction of sp³-hybridized carbons (Fsp3) is 0.261. The van der Waals surface area contributed by atoms with E-state index in [0.29, 0.717) is 18.5 Å². The van der Waals surface area contributed by atoms with Gasteiger partial charge in [0.05, 0.1) is 11.7 Å². The Morgan fingerprint density at radius 2 is 1.87 bits per heavy atom. The lowest BCUT2D eigenvalue weighted by molar-refractivity contribution is -0.124. The van der Waals surface area contributed by atoms with Gasteiger partial charge in [-0.1, -0.05) is 37.3 Å². The van der Waals surface area contributed by atoms with Gasteiger partial charge in [-0.25, -0.2) is 4.68 Å². The van der Waals surface area contributed by atoms with Crippen LogP contribution >= 0.6 is 11.8 Å². The predicted octanol–water partition coefficient (Wildman–Crippen LogP) is 3.88. The van der Waals surface area contributed by atoms with Gasteiger partial charge in [0.1, 0.15) is 11.6 Å². The Kier molecular flexibility index (Phi) is 5.63. The first-order valence-electron chi connectivity index (χ1n) is 9.90. The van der Waals surface area contributed by atoms with Gasteiger partial charge < -0.3 is 9.88 Å². The molecule has 0 bridgehead atoms. The molecular weight excluding hydrogens is 396 g/mol. The second-order valence-corrected chi connectivity index (χ2v) is 8.09. The molecule has 6 nitrogen and oxygen atoms in total. The summed E-state index contributed by atoms with van der Waals surface area (Å²) in [4.78, 5) is 27.3. The molecule has 0 saturated carbocycles. The molecule has 154 valence electrons. The predicted molar refractivity (Wildman–Crippen MR) is 122 cm³/mol. The Bertz CT molecular complexity index is 1270. The van der Waals surface area contributed by atoms with Crippen LogP contribution < -0.4 is 10.9 Å². The molecule has 0 aliphatic heterocycles. The Labute approximate surface area is 178 Å². The molecule has 0 aliphatic rings. The van der Waals surface area contributed by atoms with Crippen molar-refractivity contribution in [2.24, 2.45) is 7.05 Å². The number of para-hydroxylation sites is 1. The molecule has 30 heavy (non-hydrogen) atoms. The van der Waals surface area contributed by atoms with Crippen LogP contribution in [0, 0.1) is 0 Å². The molecule has 4 aromatic rings. The maximum Gasteiger partial charge on any atom is 0.291 e. The number of carbonyl (C=O) groups excluding carboxylic acids is 1. The van der Waals surface area contributed by atoms with Crippen LogP contribution in [0.5, 0.6) is 0 Å². The molecule has 1 amide bonds. The van der Waals surface area contributed by atoms with Gasteiger partial charge in [0, 0.05) is 29.3 Å². The number of carbonyl (C=O) groups is 1. The number of aryl methyl sites for hydroxylation is 1. The highest BCUT2D eigenvalue weighted by molar-refractivity contribution is 7.98. The minimum Gasteiger partial charge on any atom is -0.350 e. The zero-order valence-electron chi connectivity index (χ0n) is 17.3. The van der Waals surface area contributed by atoms with E-state index in [0.717, 1.165) is 21.9 Å². The molecule has 0 saturated heterocycles. The number of nitrogens with zero attached hydrogens (tertiary/aromatic N) is 3. The van der Waals surface area contributed by atoms with E-state index in [4.69, 9.17) is 0 Å². The lowest BCUT2D eigenvalue weighted by atomic mass is 10.1. The molecule has 0 aliphatic carbocycles. The minimum absolute atomic E-state index is 0.104. The number of hydrogen-bond acceptors (Lipinski definition) is 4. The number of amides is 1. The van der Waals surface area contributed by atoms with Crippen molar-refractivity contribution in [1.82, 2.24) is 19.7 Å². The van der Waals surface area contributed by atoms with Crippen molar-refractivity contribution in [2.75, 3.05) is 6.26 Å². The summed E-state index contributed by atoms with van der Waals surface area (Å²) < 4.78 is 3.19. The normalized spacial score (nSPS) is 12.4. The SMILES string of the molecule is CCC(C(=O)NCc1ccc(SC)cc1)n1c2ccccc2c2cnn(C)c(=O)c21. The van der Waals surface area contributed by atoms with Gasteiger partial charge in [-0.05, 0) is 36.4 Å². The number of rotatable bonds is 6.